The summed E-state index contributed by atoms with van der Waals surface area (Å²) in [7, 11) is 0. The molecule has 1 aliphatic carbocycles. The zero-order valence-corrected chi connectivity index (χ0v) is 11.0. The zero-order chi connectivity index (χ0) is 14.1. The van der Waals surface area contributed by atoms with Gasteiger partial charge < -0.3 is 21.1 Å². The van der Waals surface area contributed by atoms with Crippen molar-refractivity contribution in [2.24, 2.45) is 11.7 Å². The highest BCUT2D eigenvalue weighted by Crippen LogP contribution is 2.36. The van der Waals surface area contributed by atoms with Crippen molar-refractivity contribution in [3.63, 3.8) is 0 Å². The maximum absolute atomic E-state index is 12.2. The second-order valence-electron chi connectivity index (χ2n) is 5.28. The summed E-state index contributed by atoms with van der Waals surface area (Å²) < 4.78 is 5.40. The number of nitrogens with one attached hydrogen (secondary N) is 2. The van der Waals surface area contributed by atoms with Crippen LogP contribution in [-0.2, 0) is 9.59 Å². The molecule has 1 aromatic carbocycles. The number of ether oxygens (including phenoxy) is 1. The summed E-state index contributed by atoms with van der Waals surface area (Å²) >= 11 is 0. The fourth-order valence-corrected chi connectivity index (χ4v) is 2.70. The van der Waals surface area contributed by atoms with E-state index in [0.29, 0.717) is 17.1 Å². The van der Waals surface area contributed by atoms with Gasteiger partial charge in [-0.15, -0.1) is 0 Å². The van der Waals surface area contributed by atoms with Gasteiger partial charge in [-0.2, -0.15) is 0 Å². The molecule has 0 spiro atoms. The third-order valence-corrected chi connectivity index (χ3v) is 3.74. The van der Waals surface area contributed by atoms with Crippen molar-refractivity contribution in [3.05, 3.63) is 18.2 Å². The van der Waals surface area contributed by atoms with Gasteiger partial charge in [0.05, 0.1) is 11.4 Å². The lowest BCUT2D eigenvalue weighted by molar-refractivity contribution is -0.119. The molecule has 4 N–H and O–H groups in total. The first-order valence-electron chi connectivity index (χ1n) is 6.75. The second-order valence-corrected chi connectivity index (χ2v) is 5.28. The van der Waals surface area contributed by atoms with Gasteiger partial charge in [0.15, 0.2) is 12.4 Å². The van der Waals surface area contributed by atoms with Gasteiger partial charge in [0.1, 0.15) is 0 Å². The number of hydrogen-bond donors (Lipinski definition) is 3. The van der Waals surface area contributed by atoms with E-state index < -0.39 is 0 Å². The molecule has 1 aliphatic heterocycles. The maximum Gasteiger partial charge on any atom is 0.262 e. The highest BCUT2D eigenvalue weighted by Gasteiger charge is 2.29. The van der Waals surface area contributed by atoms with Gasteiger partial charge in [0.25, 0.3) is 5.91 Å². The quantitative estimate of drug-likeness (QED) is 0.753. The number of amides is 2. The molecule has 6 heteroatoms. The van der Waals surface area contributed by atoms with Crippen molar-refractivity contribution in [2.45, 2.75) is 25.3 Å². The van der Waals surface area contributed by atoms with Crippen LogP contribution in [-0.4, -0.2) is 24.5 Å². The van der Waals surface area contributed by atoms with Gasteiger partial charge in [0, 0.05) is 12.0 Å². The highest BCUT2D eigenvalue weighted by atomic mass is 16.5. The molecule has 0 aromatic heterocycles. The molecule has 2 amide bonds. The smallest absolute Gasteiger partial charge is 0.262 e. The van der Waals surface area contributed by atoms with E-state index in [0.717, 1.165) is 19.3 Å². The average molecular weight is 275 g/mol. The Morgan fingerprint density at radius 2 is 2.25 bits per heavy atom. The van der Waals surface area contributed by atoms with Gasteiger partial charge in [-0.05, 0) is 31.4 Å². The van der Waals surface area contributed by atoms with Crippen LogP contribution in [0, 0.1) is 5.92 Å². The Balaban J connectivity index is 1.76. The molecule has 0 saturated heterocycles. The lowest BCUT2D eigenvalue weighted by atomic mass is 10.1. The summed E-state index contributed by atoms with van der Waals surface area (Å²) in [5.74, 6) is 0.247. The minimum absolute atomic E-state index is 0.0335. The standard InChI is InChI=1S/C14H17N3O3/c15-9-5-4-8(6-9)14(19)17-11-3-1-2-10-13(11)20-7-12(18)16-10/h1-3,8-9H,4-7,15H2,(H,16,18)(H,17,19)/t8-,9+/m0/s1. The number of para-hydroxylation sites is 1. The van der Waals surface area contributed by atoms with Crippen molar-refractivity contribution in [1.82, 2.24) is 0 Å². The molecule has 0 bridgehead atoms. The number of carbonyl (C=O) groups excluding carboxylic acids is 2. The van der Waals surface area contributed by atoms with Crippen LogP contribution in [0.3, 0.4) is 0 Å². The average Bonchev–Trinajstić information content (AvgIpc) is 2.85. The number of anilines is 2. The molecular formula is C14H17N3O3. The molecule has 6 nitrogen and oxygen atoms in total. The maximum atomic E-state index is 12.2. The normalized spacial score (nSPS) is 24.6. The van der Waals surface area contributed by atoms with Crippen molar-refractivity contribution in [2.75, 3.05) is 17.2 Å². The van der Waals surface area contributed by atoms with Crippen molar-refractivity contribution in [1.29, 1.82) is 0 Å². The summed E-state index contributed by atoms with van der Waals surface area (Å²) in [6, 6.07) is 5.39. The van der Waals surface area contributed by atoms with Gasteiger partial charge in [-0.3, -0.25) is 9.59 Å². The SMILES string of the molecule is N[C@@H]1CC[C@H](C(=O)Nc2cccc3c2OCC(=O)N3)C1. The zero-order valence-electron chi connectivity index (χ0n) is 11.0. The summed E-state index contributed by atoms with van der Waals surface area (Å²) in [4.78, 5) is 23.5. The van der Waals surface area contributed by atoms with E-state index >= 15 is 0 Å². The Hall–Kier alpha value is -2.08. The van der Waals surface area contributed by atoms with Crippen LogP contribution >= 0.6 is 0 Å². The number of nitrogens with two attached hydrogens (primary N) is 1. The monoisotopic (exact) mass is 275 g/mol. The number of hydrogen-bond acceptors (Lipinski definition) is 4. The molecule has 0 radical (unpaired) electrons. The van der Waals surface area contributed by atoms with Crippen LogP contribution in [0.5, 0.6) is 5.75 Å². The van der Waals surface area contributed by atoms with E-state index in [1.807, 2.05) is 0 Å². The molecule has 2 aliphatic rings. The van der Waals surface area contributed by atoms with E-state index in [1.54, 1.807) is 18.2 Å². The number of rotatable bonds is 2. The van der Waals surface area contributed by atoms with Crippen LogP contribution in [0.1, 0.15) is 19.3 Å². The fourth-order valence-electron chi connectivity index (χ4n) is 2.70. The third-order valence-electron chi connectivity index (χ3n) is 3.74. The molecule has 1 heterocycles. The van der Waals surface area contributed by atoms with Crippen LogP contribution in [0.25, 0.3) is 0 Å². The highest BCUT2D eigenvalue weighted by molar-refractivity contribution is 6.00. The largest absolute Gasteiger partial charge is 0.479 e. The molecule has 106 valence electrons. The molecule has 1 saturated carbocycles. The molecule has 3 rings (SSSR count). The Morgan fingerprint density at radius 3 is 3.00 bits per heavy atom. The van der Waals surface area contributed by atoms with Crippen LogP contribution in [0.15, 0.2) is 18.2 Å². The van der Waals surface area contributed by atoms with Crippen molar-refractivity contribution in [3.8, 4) is 5.75 Å². The number of carbonyl (C=O) groups is 2. The van der Waals surface area contributed by atoms with E-state index in [9.17, 15) is 9.59 Å². The van der Waals surface area contributed by atoms with Gasteiger partial charge in [-0.25, -0.2) is 0 Å². The Labute approximate surface area is 116 Å². The molecule has 2 atom stereocenters. The van der Waals surface area contributed by atoms with Crippen LogP contribution in [0.2, 0.25) is 0 Å². The summed E-state index contributed by atoms with van der Waals surface area (Å²) in [5.41, 5.74) is 7.01. The molecule has 20 heavy (non-hydrogen) atoms. The van der Waals surface area contributed by atoms with Gasteiger partial charge >= 0.3 is 0 Å². The van der Waals surface area contributed by atoms with E-state index in [1.165, 1.54) is 0 Å². The topological polar surface area (TPSA) is 93.5 Å². The Bertz CT molecular complexity index is 559. The third kappa shape index (κ3) is 2.46. The summed E-state index contributed by atoms with van der Waals surface area (Å²) in [6.07, 6.45) is 2.43. The van der Waals surface area contributed by atoms with Crippen LogP contribution in [0.4, 0.5) is 11.4 Å². The number of fused-ring (bicyclic) bond motifs is 1. The van der Waals surface area contributed by atoms with Crippen molar-refractivity contribution < 1.29 is 14.3 Å². The Kier molecular flexibility index (Phi) is 3.31. The molecule has 1 aromatic rings. The first-order chi connectivity index (χ1) is 9.63. The van der Waals surface area contributed by atoms with Gasteiger partial charge in [0.2, 0.25) is 5.91 Å². The molecule has 0 unspecified atom stereocenters. The lowest BCUT2D eigenvalue weighted by Crippen LogP contribution is -2.27. The van der Waals surface area contributed by atoms with E-state index in [-0.39, 0.29) is 30.4 Å². The predicted octanol–water partition coefficient (Wildman–Crippen LogP) is 1.08. The minimum atomic E-state index is -0.192. The van der Waals surface area contributed by atoms with E-state index in [4.69, 9.17) is 10.5 Å². The Morgan fingerprint density at radius 1 is 1.40 bits per heavy atom. The van der Waals surface area contributed by atoms with Gasteiger partial charge in [-0.1, -0.05) is 6.07 Å². The predicted molar refractivity (Wildman–Crippen MR) is 74.5 cm³/mol. The first kappa shape index (κ1) is 12.9. The van der Waals surface area contributed by atoms with Crippen LogP contribution < -0.4 is 21.1 Å². The minimum Gasteiger partial charge on any atom is -0.479 e. The van der Waals surface area contributed by atoms with E-state index in [2.05, 4.69) is 10.6 Å². The number of benzene rings is 1. The molecule has 1 fully saturated rings. The summed E-state index contributed by atoms with van der Waals surface area (Å²) in [6.45, 7) is -0.0335. The molecular weight excluding hydrogens is 258 g/mol. The fraction of sp³-hybridized carbons (Fsp3) is 0.429. The van der Waals surface area contributed by atoms with Crippen molar-refractivity contribution >= 4 is 23.2 Å². The lowest BCUT2D eigenvalue weighted by Gasteiger charge is -2.21. The first-order valence-corrected chi connectivity index (χ1v) is 6.75. The summed E-state index contributed by atoms with van der Waals surface area (Å²) in [5, 5.41) is 5.59. The second kappa shape index (κ2) is 5.13.